The molecule has 1 aromatic heterocycles. The summed E-state index contributed by atoms with van der Waals surface area (Å²) in [6.45, 7) is 0.492. The van der Waals surface area contributed by atoms with Gasteiger partial charge in [0.2, 0.25) is 5.95 Å². The first-order chi connectivity index (χ1) is 11.7. The van der Waals surface area contributed by atoms with Crippen LogP contribution in [0.2, 0.25) is 0 Å². The SMILES string of the molecule is CN=C(NCc1cnc(N(C)C)n1C)NC1CCCC(C(F)(F)F)C1.I. The molecule has 1 saturated carbocycles. The maximum absolute atomic E-state index is 12.9. The van der Waals surface area contributed by atoms with Crippen LogP contribution in [0.1, 0.15) is 31.4 Å². The van der Waals surface area contributed by atoms with E-state index < -0.39 is 12.1 Å². The number of nitrogens with zero attached hydrogens (tertiary/aromatic N) is 4. The van der Waals surface area contributed by atoms with E-state index in [1.165, 1.54) is 0 Å². The van der Waals surface area contributed by atoms with Crippen molar-refractivity contribution in [3.8, 4) is 0 Å². The Labute approximate surface area is 169 Å². The van der Waals surface area contributed by atoms with Crippen molar-refractivity contribution in [2.75, 3.05) is 26.0 Å². The Bertz CT molecular complexity index is 599. The molecule has 1 aliphatic rings. The molecule has 6 nitrogen and oxygen atoms in total. The summed E-state index contributed by atoms with van der Waals surface area (Å²) >= 11 is 0. The number of anilines is 1. The maximum Gasteiger partial charge on any atom is 0.391 e. The van der Waals surface area contributed by atoms with Gasteiger partial charge in [0, 0.05) is 34.2 Å². The Kier molecular flexibility index (Phi) is 8.48. The average molecular weight is 488 g/mol. The number of halogens is 4. The molecule has 10 heteroatoms. The maximum atomic E-state index is 12.9. The summed E-state index contributed by atoms with van der Waals surface area (Å²) in [4.78, 5) is 10.4. The lowest BCUT2D eigenvalue weighted by Gasteiger charge is -2.31. The van der Waals surface area contributed by atoms with Gasteiger partial charge in [-0.1, -0.05) is 6.42 Å². The minimum Gasteiger partial charge on any atom is -0.354 e. The number of aliphatic imine (C=N–C) groups is 1. The lowest BCUT2D eigenvalue weighted by atomic mass is 9.85. The highest BCUT2D eigenvalue weighted by Crippen LogP contribution is 2.37. The van der Waals surface area contributed by atoms with Gasteiger partial charge in [-0.25, -0.2) is 4.98 Å². The quantitative estimate of drug-likeness (QED) is 0.389. The van der Waals surface area contributed by atoms with E-state index >= 15 is 0 Å². The summed E-state index contributed by atoms with van der Waals surface area (Å²) in [5.41, 5.74) is 0.962. The van der Waals surface area contributed by atoms with E-state index in [0.29, 0.717) is 18.9 Å². The number of aromatic nitrogens is 2. The molecule has 2 atom stereocenters. The molecule has 1 aliphatic carbocycles. The molecule has 0 saturated heterocycles. The van der Waals surface area contributed by atoms with Crippen molar-refractivity contribution in [1.82, 2.24) is 20.2 Å². The monoisotopic (exact) mass is 488 g/mol. The Hall–Kier alpha value is -1.20. The highest BCUT2D eigenvalue weighted by atomic mass is 127. The van der Waals surface area contributed by atoms with Crippen LogP contribution < -0.4 is 15.5 Å². The third kappa shape index (κ3) is 5.92. The molecular formula is C16H28F3IN6. The van der Waals surface area contributed by atoms with Gasteiger partial charge in [-0.3, -0.25) is 4.99 Å². The van der Waals surface area contributed by atoms with Crippen molar-refractivity contribution in [2.45, 2.75) is 44.4 Å². The summed E-state index contributed by atoms with van der Waals surface area (Å²) in [5, 5.41) is 6.28. The minimum atomic E-state index is -4.12. The summed E-state index contributed by atoms with van der Waals surface area (Å²) in [7, 11) is 7.37. The molecule has 1 heterocycles. The van der Waals surface area contributed by atoms with E-state index in [0.717, 1.165) is 18.1 Å². The molecule has 0 aromatic carbocycles. The third-order valence-electron chi connectivity index (χ3n) is 4.60. The molecule has 0 radical (unpaired) electrons. The summed E-state index contributed by atoms with van der Waals surface area (Å²) in [6, 6.07) is -0.213. The second-order valence-electron chi connectivity index (χ2n) is 6.68. The summed E-state index contributed by atoms with van der Waals surface area (Å²) in [6.07, 6.45) is -0.724. The lowest BCUT2D eigenvalue weighted by Crippen LogP contribution is -2.46. The molecule has 1 aromatic rings. The molecule has 0 bridgehead atoms. The molecule has 1 fully saturated rings. The zero-order valence-corrected chi connectivity index (χ0v) is 17.9. The van der Waals surface area contributed by atoms with Gasteiger partial charge in [-0.05, 0) is 19.3 Å². The number of rotatable bonds is 4. The van der Waals surface area contributed by atoms with Crippen molar-refractivity contribution >= 4 is 35.9 Å². The molecule has 2 unspecified atom stereocenters. The number of hydrogen-bond donors (Lipinski definition) is 2. The first kappa shape index (κ1) is 22.8. The van der Waals surface area contributed by atoms with Crippen LogP contribution >= 0.6 is 24.0 Å². The lowest BCUT2D eigenvalue weighted by molar-refractivity contribution is -0.183. The Balaban J connectivity index is 0.00000338. The zero-order chi connectivity index (χ0) is 18.6. The van der Waals surface area contributed by atoms with E-state index in [2.05, 4.69) is 20.6 Å². The van der Waals surface area contributed by atoms with Crippen LogP contribution in [0.3, 0.4) is 0 Å². The zero-order valence-electron chi connectivity index (χ0n) is 15.6. The molecular weight excluding hydrogens is 460 g/mol. The second-order valence-corrected chi connectivity index (χ2v) is 6.68. The van der Waals surface area contributed by atoms with E-state index in [-0.39, 0.29) is 42.9 Å². The number of nitrogens with one attached hydrogen (secondary N) is 2. The van der Waals surface area contributed by atoms with Crippen LogP contribution in [-0.4, -0.2) is 48.9 Å². The van der Waals surface area contributed by atoms with Gasteiger partial charge in [0.15, 0.2) is 5.96 Å². The average Bonchev–Trinajstić information content (AvgIpc) is 2.92. The number of hydrogen-bond acceptors (Lipinski definition) is 3. The molecule has 26 heavy (non-hydrogen) atoms. The van der Waals surface area contributed by atoms with E-state index in [4.69, 9.17) is 0 Å². The van der Waals surface area contributed by atoms with Crippen molar-refractivity contribution < 1.29 is 13.2 Å². The van der Waals surface area contributed by atoms with Crippen molar-refractivity contribution in [3.05, 3.63) is 11.9 Å². The highest BCUT2D eigenvalue weighted by molar-refractivity contribution is 14.0. The Morgan fingerprint density at radius 2 is 2.08 bits per heavy atom. The van der Waals surface area contributed by atoms with Gasteiger partial charge in [-0.2, -0.15) is 13.2 Å². The van der Waals surface area contributed by atoms with Gasteiger partial charge in [0.25, 0.3) is 0 Å². The topological polar surface area (TPSA) is 57.5 Å². The smallest absolute Gasteiger partial charge is 0.354 e. The van der Waals surface area contributed by atoms with Crippen molar-refractivity contribution in [3.63, 3.8) is 0 Å². The van der Waals surface area contributed by atoms with Crippen LogP contribution in [-0.2, 0) is 13.6 Å². The fourth-order valence-electron chi connectivity index (χ4n) is 3.19. The number of alkyl halides is 3. The molecule has 150 valence electrons. The van der Waals surface area contributed by atoms with E-state index in [9.17, 15) is 13.2 Å². The largest absolute Gasteiger partial charge is 0.391 e. The van der Waals surface area contributed by atoms with Crippen molar-refractivity contribution in [1.29, 1.82) is 0 Å². The van der Waals surface area contributed by atoms with Gasteiger partial charge in [0.05, 0.1) is 24.4 Å². The first-order valence-electron chi connectivity index (χ1n) is 8.44. The number of imidazole rings is 1. The molecule has 2 N–H and O–H groups in total. The molecule has 0 spiro atoms. The van der Waals surface area contributed by atoms with Crippen molar-refractivity contribution in [2.24, 2.45) is 18.0 Å². The van der Waals surface area contributed by atoms with Crippen LogP contribution in [0, 0.1) is 5.92 Å². The van der Waals surface area contributed by atoms with Crippen LogP contribution in [0.4, 0.5) is 19.1 Å². The van der Waals surface area contributed by atoms with Gasteiger partial charge >= 0.3 is 6.18 Å². The Morgan fingerprint density at radius 3 is 2.62 bits per heavy atom. The fourth-order valence-corrected chi connectivity index (χ4v) is 3.19. The minimum absolute atomic E-state index is 0. The summed E-state index contributed by atoms with van der Waals surface area (Å²) < 4.78 is 40.7. The van der Waals surface area contributed by atoms with Gasteiger partial charge < -0.3 is 20.1 Å². The first-order valence-corrected chi connectivity index (χ1v) is 8.44. The predicted molar refractivity (Wildman–Crippen MR) is 108 cm³/mol. The normalized spacial score (nSPS) is 21.1. The highest BCUT2D eigenvalue weighted by Gasteiger charge is 2.42. The number of guanidine groups is 1. The van der Waals surface area contributed by atoms with E-state index in [1.807, 2.05) is 30.6 Å². The predicted octanol–water partition coefficient (Wildman–Crippen LogP) is 2.89. The van der Waals surface area contributed by atoms with Crippen LogP contribution in [0.25, 0.3) is 0 Å². The van der Waals surface area contributed by atoms with Crippen LogP contribution in [0.15, 0.2) is 11.2 Å². The van der Waals surface area contributed by atoms with Gasteiger partial charge in [0.1, 0.15) is 0 Å². The summed E-state index contributed by atoms with van der Waals surface area (Å²) in [5.74, 6) is 0.122. The molecule has 0 aliphatic heterocycles. The fraction of sp³-hybridized carbons (Fsp3) is 0.750. The third-order valence-corrected chi connectivity index (χ3v) is 4.60. The standard InChI is InChI=1S/C16H27F3N6.HI/c1-20-14(21-9-13-10-22-15(24(2)3)25(13)4)23-12-7-5-6-11(8-12)16(17,18)19;/h10-12H,5-9H2,1-4H3,(H2,20,21,23);1H. The molecule has 2 rings (SSSR count). The second kappa shape index (κ2) is 9.65. The molecule has 0 amide bonds. The van der Waals surface area contributed by atoms with Crippen LogP contribution in [0.5, 0.6) is 0 Å². The van der Waals surface area contributed by atoms with Gasteiger partial charge in [-0.15, -0.1) is 24.0 Å². The van der Waals surface area contributed by atoms with E-state index in [1.54, 1.807) is 13.2 Å². The Morgan fingerprint density at radius 1 is 1.38 bits per heavy atom.